The van der Waals surface area contributed by atoms with Crippen molar-refractivity contribution in [2.24, 2.45) is 5.92 Å². The summed E-state index contributed by atoms with van der Waals surface area (Å²) in [6, 6.07) is 12.4. The average Bonchev–Trinajstić information content (AvgIpc) is 3.55. The minimum atomic E-state index is -0.765. The standard InChI is InChI=1S/C26H32N6O2.Na.H/c33-25(34)14-22(21-3-1-5-24(13-21)32-18-27-17-29-32)16-31-12-10-19(15-31)6-8-23-9-7-20-4-2-11-28-26(20)30-23;;/h1,3,5,7,9,13,17-19,22H,2,4,6,8,10-12,14-16H2,(H,28,30)(H,33,34);;/t19-,22-;;/m1../s1. The summed E-state index contributed by atoms with van der Waals surface area (Å²) in [6.45, 7) is 3.80. The summed E-state index contributed by atoms with van der Waals surface area (Å²) in [5.74, 6) is 0.867. The van der Waals surface area contributed by atoms with Crippen molar-refractivity contribution in [1.29, 1.82) is 0 Å². The molecule has 4 heterocycles. The first-order valence-electron chi connectivity index (χ1n) is 12.3. The van der Waals surface area contributed by atoms with Crippen LogP contribution in [0.2, 0.25) is 0 Å². The van der Waals surface area contributed by atoms with Gasteiger partial charge in [0.2, 0.25) is 0 Å². The summed E-state index contributed by atoms with van der Waals surface area (Å²) in [7, 11) is 0. The zero-order chi connectivity index (χ0) is 23.3. The maximum absolute atomic E-state index is 11.6. The molecule has 1 saturated heterocycles. The third kappa shape index (κ3) is 6.70. The molecule has 180 valence electrons. The second kappa shape index (κ2) is 12.1. The topological polar surface area (TPSA) is 96.2 Å². The fourth-order valence-corrected chi connectivity index (χ4v) is 5.25. The van der Waals surface area contributed by atoms with E-state index in [0.29, 0.717) is 5.92 Å². The van der Waals surface area contributed by atoms with Gasteiger partial charge in [-0.15, -0.1) is 0 Å². The predicted molar refractivity (Wildman–Crippen MR) is 137 cm³/mol. The molecule has 0 amide bonds. The Bertz CT molecular complexity index is 1120. The van der Waals surface area contributed by atoms with E-state index in [-0.39, 0.29) is 41.9 Å². The summed E-state index contributed by atoms with van der Waals surface area (Å²) in [5.41, 5.74) is 4.43. The van der Waals surface area contributed by atoms with Gasteiger partial charge in [0.05, 0.1) is 12.1 Å². The van der Waals surface area contributed by atoms with Crippen LogP contribution in [0.4, 0.5) is 5.82 Å². The fourth-order valence-electron chi connectivity index (χ4n) is 5.25. The molecule has 2 N–H and O–H groups in total. The van der Waals surface area contributed by atoms with Gasteiger partial charge >= 0.3 is 35.5 Å². The minimum absolute atomic E-state index is 0. The first-order valence-corrected chi connectivity index (χ1v) is 12.3. The molecular weight excluding hydrogens is 451 g/mol. The Hall–Kier alpha value is -2.26. The molecule has 0 aliphatic carbocycles. The Balaban J connectivity index is 0.00000289. The van der Waals surface area contributed by atoms with E-state index in [9.17, 15) is 9.90 Å². The molecule has 2 aromatic heterocycles. The van der Waals surface area contributed by atoms with Crippen molar-refractivity contribution in [1.82, 2.24) is 24.6 Å². The second-order valence-corrected chi connectivity index (χ2v) is 9.52. The monoisotopic (exact) mass is 484 g/mol. The van der Waals surface area contributed by atoms with E-state index in [1.54, 1.807) is 11.0 Å². The third-order valence-corrected chi connectivity index (χ3v) is 7.06. The molecule has 3 aromatic rings. The van der Waals surface area contributed by atoms with E-state index < -0.39 is 5.97 Å². The van der Waals surface area contributed by atoms with Gasteiger partial charge in [0.15, 0.2) is 0 Å². The molecule has 1 aromatic carbocycles. The number of carboxylic acid groups (broad SMARTS) is 1. The summed E-state index contributed by atoms with van der Waals surface area (Å²) >= 11 is 0. The van der Waals surface area contributed by atoms with Gasteiger partial charge in [-0.05, 0) is 73.9 Å². The number of anilines is 1. The molecule has 0 saturated carbocycles. The Morgan fingerprint density at radius 2 is 2.17 bits per heavy atom. The molecular formula is C26H33N6NaO2. The normalized spacial score (nSPS) is 18.3. The molecule has 0 bridgehead atoms. The molecule has 8 nitrogen and oxygen atoms in total. The summed E-state index contributed by atoms with van der Waals surface area (Å²) in [6.07, 6.45) is 8.84. The van der Waals surface area contributed by atoms with Crippen LogP contribution in [-0.4, -0.2) is 91.5 Å². The number of rotatable bonds is 9. The van der Waals surface area contributed by atoms with E-state index in [1.807, 2.05) is 24.3 Å². The zero-order valence-corrected chi connectivity index (χ0v) is 19.4. The number of aliphatic carboxylic acids is 1. The number of carbonyl (C=O) groups is 1. The quantitative estimate of drug-likeness (QED) is 0.451. The SMILES string of the molecule is O=C(O)C[C@H](CN1CC[C@@H](CCc2ccc3c(n2)NCCC3)C1)c1cccc(-n2cncn2)c1.[NaH]. The Labute approximate surface area is 228 Å². The number of hydrogen-bond acceptors (Lipinski definition) is 6. The van der Waals surface area contributed by atoms with Gasteiger partial charge in [0.25, 0.3) is 0 Å². The van der Waals surface area contributed by atoms with Crippen LogP contribution in [-0.2, 0) is 17.6 Å². The predicted octanol–water partition coefficient (Wildman–Crippen LogP) is 2.88. The van der Waals surface area contributed by atoms with Crippen LogP contribution in [0.15, 0.2) is 49.1 Å². The second-order valence-electron chi connectivity index (χ2n) is 9.52. The molecule has 0 unspecified atom stereocenters. The number of nitrogens with zero attached hydrogens (tertiary/aromatic N) is 5. The van der Waals surface area contributed by atoms with Crippen molar-refractivity contribution < 1.29 is 9.90 Å². The maximum atomic E-state index is 11.6. The van der Waals surface area contributed by atoms with Crippen LogP contribution >= 0.6 is 0 Å². The molecule has 2 atom stereocenters. The average molecular weight is 485 g/mol. The van der Waals surface area contributed by atoms with Gasteiger partial charge in [0, 0.05) is 31.2 Å². The van der Waals surface area contributed by atoms with Crippen molar-refractivity contribution in [2.75, 3.05) is 31.5 Å². The number of likely N-dealkylation sites (tertiary alicyclic amines) is 1. The number of aryl methyl sites for hydroxylation is 2. The number of pyridine rings is 1. The molecule has 5 rings (SSSR count). The van der Waals surface area contributed by atoms with Crippen molar-refractivity contribution in [2.45, 2.75) is 44.4 Å². The van der Waals surface area contributed by atoms with E-state index in [1.165, 1.54) is 24.0 Å². The summed E-state index contributed by atoms with van der Waals surface area (Å²) < 4.78 is 1.71. The van der Waals surface area contributed by atoms with Crippen LogP contribution in [0.25, 0.3) is 5.69 Å². The molecule has 9 heteroatoms. The number of fused-ring (bicyclic) bond motifs is 1. The number of aromatic nitrogens is 4. The van der Waals surface area contributed by atoms with Gasteiger partial charge in [0.1, 0.15) is 18.5 Å². The fraction of sp³-hybridized carbons (Fsp3) is 0.462. The Morgan fingerprint density at radius 1 is 1.26 bits per heavy atom. The van der Waals surface area contributed by atoms with Crippen LogP contribution in [0.5, 0.6) is 0 Å². The van der Waals surface area contributed by atoms with Crippen molar-refractivity contribution >= 4 is 41.3 Å². The summed E-state index contributed by atoms with van der Waals surface area (Å²) in [5, 5.41) is 17.2. The Morgan fingerprint density at radius 3 is 3.00 bits per heavy atom. The van der Waals surface area contributed by atoms with Crippen molar-refractivity contribution in [3.8, 4) is 5.69 Å². The molecule has 2 aliphatic heterocycles. The van der Waals surface area contributed by atoms with Gasteiger partial charge in [-0.2, -0.15) is 5.10 Å². The van der Waals surface area contributed by atoms with Gasteiger partial charge in [-0.25, -0.2) is 14.6 Å². The molecule has 2 aliphatic rings. The molecule has 1 fully saturated rings. The first-order chi connectivity index (χ1) is 16.6. The van der Waals surface area contributed by atoms with Crippen LogP contribution in [0.1, 0.15) is 48.4 Å². The number of hydrogen-bond donors (Lipinski definition) is 2. The zero-order valence-electron chi connectivity index (χ0n) is 19.4. The van der Waals surface area contributed by atoms with Crippen molar-refractivity contribution in [3.63, 3.8) is 0 Å². The molecule has 0 spiro atoms. The van der Waals surface area contributed by atoms with E-state index in [4.69, 9.17) is 4.98 Å². The third-order valence-electron chi connectivity index (χ3n) is 7.06. The number of nitrogens with one attached hydrogen (secondary N) is 1. The van der Waals surface area contributed by atoms with Gasteiger partial charge in [-0.3, -0.25) is 4.79 Å². The van der Waals surface area contributed by atoms with Crippen LogP contribution < -0.4 is 5.32 Å². The van der Waals surface area contributed by atoms with Gasteiger partial charge in [-0.1, -0.05) is 18.2 Å². The molecule has 0 radical (unpaired) electrons. The molecule has 35 heavy (non-hydrogen) atoms. The van der Waals surface area contributed by atoms with Crippen molar-refractivity contribution in [3.05, 3.63) is 65.9 Å². The Kier molecular flexibility index (Phi) is 8.94. The van der Waals surface area contributed by atoms with E-state index >= 15 is 0 Å². The first kappa shape index (κ1) is 25.8. The van der Waals surface area contributed by atoms with E-state index in [2.05, 4.69) is 32.4 Å². The van der Waals surface area contributed by atoms with Gasteiger partial charge < -0.3 is 15.3 Å². The number of benzene rings is 1. The van der Waals surface area contributed by atoms with Crippen LogP contribution in [0.3, 0.4) is 0 Å². The number of carboxylic acids is 1. The summed E-state index contributed by atoms with van der Waals surface area (Å²) in [4.78, 5) is 22.9. The van der Waals surface area contributed by atoms with E-state index in [0.717, 1.165) is 68.9 Å². The van der Waals surface area contributed by atoms with Crippen LogP contribution in [0, 0.1) is 5.92 Å².